The van der Waals surface area contributed by atoms with E-state index in [1.165, 1.54) is 4.88 Å². The van der Waals surface area contributed by atoms with Crippen molar-refractivity contribution in [3.05, 3.63) is 52.2 Å². The molecule has 2 rings (SSSR count). The summed E-state index contributed by atoms with van der Waals surface area (Å²) >= 11 is 1.77. The number of oxime groups is 1. The summed E-state index contributed by atoms with van der Waals surface area (Å²) in [6, 6.07) is 11.9. The fraction of sp³-hybridized carbons (Fsp3) is 0.214. The second-order valence-corrected chi connectivity index (χ2v) is 5.32. The standard InChI is InChI=1S/C14H17N3OS/c1-17(8-7-13-6-3-9-19-13)12-5-2-4-11(10-12)14(15)16-18/h2-6,9-10,18H,7-8H2,1H3,(H2,15,16). The SMILES string of the molecule is CN(CCc1cccs1)c1cccc(C(N)=NO)c1. The number of amidine groups is 1. The van der Waals surface area contributed by atoms with Crippen molar-refractivity contribution in [3.8, 4) is 0 Å². The summed E-state index contributed by atoms with van der Waals surface area (Å²) in [7, 11) is 2.04. The maximum absolute atomic E-state index is 8.70. The number of nitrogens with zero attached hydrogens (tertiary/aromatic N) is 2. The molecular weight excluding hydrogens is 258 g/mol. The molecule has 2 aromatic rings. The van der Waals surface area contributed by atoms with Gasteiger partial charge in [0.05, 0.1) is 0 Å². The van der Waals surface area contributed by atoms with E-state index in [4.69, 9.17) is 10.9 Å². The Hall–Kier alpha value is -2.01. The van der Waals surface area contributed by atoms with Crippen LogP contribution < -0.4 is 10.6 Å². The van der Waals surface area contributed by atoms with Gasteiger partial charge in [0.15, 0.2) is 5.84 Å². The maximum Gasteiger partial charge on any atom is 0.170 e. The Morgan fingerprint density at radius 1 is 1.37 bits per heavy atom. The van der Waals surface area contributed by atoms with E-state index in [1.807, 2.05) is 31.3 Å². The van der Waals surface area contributed by atoms with Crippen molar-refractivity contribution < 1.29 is 5.21 Å². The largest absolute Gasteiger partial charge is 0.409 e. The van der Waals surface area contributed by atoms with Crippen LogP contribution in [0.4, 0.5) is 5.69 Å². The Kier molecular flexibility index (Phi) is 4.41. The first-order chi connectivity index (χ1) is 9.20. The van der Waals surface area contributed by atoms with Gasteiger partial charge >= 0.3 is 0 Å². The maximum atomic E-state index is 8.70. The topological polar surface area (TPSA) is 61.8 Å². The Labute approximate surface area is 116 Å². The molecule has 0 bridgehead atoms. The number of nitrogens with two attached hydrogens (primary N) is 1. The Morgan fingerprint density at radius 2 is 2.21 bits per heavy atom. The predicted octanol–water partition coefficient (Wildman–Crippen LogP) is 2.52. The lowest BCUT2D eigenvalue weighted by Crippen LogP contribution is -2.21. The molecule has 0 saturated carbocycles. The number of thiophene rings is 1. The highest BCUT2D eigenvalue weighted by atomic mass is 32.1. The van der Waals surface area contributed by atoms with Gasteiger partial charge in [0.1, 0.15) is 0 Å². The predicted molar refractivity (Wildman–Crippen MR) is 80.2 cm³/mol. The zero-order valence-corrected chi connectivity index (χ0v) is 11.6. The van der Waals surface area contributed by atoms with Crippen LogP contribution >= 0.6 is 11.3 Å². The average Bonchev–Trinajstić information content (AvgIpc) is 2.97. The van der Waals surface area contributed by atoms with E-state index in [1.54, 1.807) is 11.3 Å². The smallest absolute Gasteiger partial charge is 0.170 e. The van der Waals surface area contributed by atoms with E-state index in [0.29, 0.717) is 0 Å². The molecule has 19 heavy (non-hydrogen) atoms. The fourth-order valence-electron chi connectivity index (χ4n) is 1.82. The number of anilines is 1. The van der Waals surface area contributed by atoms with E-state index in [0.717, 1.165) is 24.2 Å². The van der Waals surface area contributed by atoms with Crippen molar-refractivity contribution >= 4 is 22.9 Å². The molecule has 1 aromatic heterocycles. The second-order valence-electron chi connectivity index (χ2n) is 4.29. The molecule has 4 nitrogen and oxygen atoms in total. The molecule has 0 aliphatic carbocycles. The molecule has 1 aromatic carbocycles. The summed E-state index contributed by atoms with van der Waals surface area (Å²) in [5, 5.41) is 13.8. The van der Waals surface area contributed by atoms with E-state index in [-0.39, 0.29) is 5.84 Å². The van der Waals surface area contributed by atoms with Crippen LogP contribution in [0.15, 0.2) is 46.9 Å². The number of hydrogen-bond acceptors (Lipinski definition) is 4. The van der Waals surface area contributed by atoms with E-state index >= 15 is 0 Å². The van der Waals surface area contributed by atoms with Gasteiger partial charge in [-0.05, 0) is 30.0 Å². The van der Waals surface area contributed by atoms with Gasteiger partial charge < -0.3 is 15.8 Å². The first kappa shape index (κ1) is 13.4. The summed E-state index contributed by atoms with van der Waals surface area (Å²) in [6.45, 7) is 0.931. The van der Waals surface area contributed by atoms with Crippen LogP contribution in [0.1, 0.15) is 10.4 Å². The zero-order valence-electron chi connectivity index (χ0n) is 10.8. The van der Waals surface area contributed by atoms with Crippen molar-refractivity contribution in [1.29, 1.82) is 0 Å². The highest BCUT2D eigenvalue weighted by Crippen LogP contribution is 2.16. The first-order valence-electron chi connectivity index (χ1n) is 6.02. The molecule has 5 heteroatoms. The molecule has 1 heterocycles. The van der Waals surface area contributed by atoms with Gasteiger partial charge in [0.2, 0.25) is 0 Å². The van der Waals surface area contributed by atoms with Crippen LogP contribution in [-0.2, 0) is 6.42 Å². The number of hydrogen-bond donors (Lipinski definition) is 2. The van der Waals surface area contributed by atoms with Gasteiger partial charge in [0.25, 0.3) is 0 Å². The summed E-state index contributed by atoms with van der Waals surface area (Å²) in [6.07, 6.45) is 1.02. The third kappa shape index (κ3) is 3.48. The minimum atomic E-state index is 0.133. The van der Waals surface area contributed by atoms with E-state index in [2.05, 4.69) is 27.6 Å². The summed E-state index contributed by atoms with van der Waals surface area (Å²) < 4.78 is 0. The fourth-order valence-corrected chi connectivity index (χ4v) is 2.52. The first-order valence-corrected chi connectivity index (χ1v) is 6.90. The molecule has 0 amide bonds. The lowest BCUT2D eigenvalue weighted by molar-refractivity contribution is 0.318. The monoisotopic (exact) mass is 275 g/mol. The van der Waals surface area contributed by atoms with Crippen LogP contribution in [0.3, 0.4) is 0 Å². The quantitative estimate of drug-likeness (QED) is 0.381. The highest BCUT2D eigenvalue weighted by molar-refractivity contribution is 7.09. The molecule has 0 fully saturated rings. The molecule has 0 saturated heterocycles. The Morgan fingerprint density at radius 3 is 2.89 bits per heavy atom. The highest BCUT2D eigenvalue weighted by Gasteiger charge is 2.05. The zero-order chi connectivity index (χ0) is 13.7. The summed E-state index contributed by atoms with van der Waals surface area (Å²) in [5.74, 6) is 0.133. The molecule has 0 aliphatic rings. The number of benzene rings is 1. The van der Waals surface area contributed by atoms with Gasteiger partial charge in [-0.15, -0.1) is 11.3 Å². The average molecular weight is 275 g/mol. The van der Waals surface area contributed by atoms with Gasteiger partial charge in [0, 0.05) is 29.7 Å². The lowest BCUT2D eigenvalue weighted by atomic mass is 10.1. The molecule has 0 aliphatic heterocycles. The van der Waals surface area contributed by atoms with Crippen LogP contribution in [0, 0.1) is 0 Å². The van der Waals surface area contributed by atoms with Gasteiger partial charge in [-0.25, -0.2) is 0 Å². The molecule has 100 valence electrons. The van der Waals surface area contributed by atoms with Crippen LogP contribution in [0.25, 0.3) is 0 Å². The van der Waals surface area contributed by atoms with Crippen LogP contribution in [-0.4, -0.2) is 24.6 Å². The van der Waals surface area contributed by atoms with Gasteiger partial charge in [-0.3, -0.25) is 0 Å². The molecular formula is C14H17N3OS. The summed E-state index contributed by atoms with van der Waals surface area (Å²) in [5.41, 5.74) is 7.38. The molecule has 3 N–H and O–H groups in total. The molecule has 0 spiro atoms. The van der Waals surface area contributed by atoms with Gasteiger partial charge in [-0.1, -0.05) is 23.4 Å². The number of rotatable bonds is 5. The molecule has 0 atom stereocenters. The lowest BCUT2D eigenvalue weighted by Gasteiger charge is -2.19. The Bertz CT molecular complexity index is 552. The van der Waals surface area contributed by atoms with Crippen molar-refractivity contribution in [3.63, 3.8) is 0 Å². The van der Waals surface area contributed by atoms with E-state index < -0.39 is 0 Å². The minimum Gasteiger partial charge on any atom is -0.409 e. The van der Waals surface area contributed by atoms with Crippen LogP contribution in [0.2, 0.25) is 0 Å². The van der Waals surface area contributed by atoms with Crippen molar-refractivity contribution in [2.75, 3.05) is 18.5 Å². The van der Waals surface area contributed by atoms with Gasteiger partial charge in [-0.2, -0.15) is 0 Å². The third-order valence-corrected chi connectivity index (χ3v) is 3.90. The molecule has 0 radical (unpaired) electrons. The number of likely N-dealkylation sites (N-methyl/N-ethyl adjacent to an activating group) is 1. The van der Waals surface area contributed by atoms with Crippen LogP contribution in [0.5, 0.6) is 0 Å². The summed E-state index contributed by atoms with van der Waals surface area (Å²) in [4.78, 5) is 3.54. The second kappa shape index (κ2) is 6.24. The van der Waals surface area contributed by atoms with E-state index in [9.17, 15) is 0 Å². The molecule has 0 unspecified atom stereocenters. The normalized spacial score (nSPS) is 11.5. The Balaban J connectivity index is 2.04. The van der Waals surface area contributed by atoms with Crippen molar-refractivity contribution in [1.82, 2.24) is 0 Å². The van der Waals surface area contributed by atoms with Crippen molar-refractivity contribution in [2.24, 2.45) is 10.9 Å². The minimum absolute atomic E-state index is 0.133. The van der Waals surface area contributed by atoms with Crippen molar-refractivity contribution in [2.45, 2.75) is 6.42 Å². The third-order valence-electron chi connectivity index (χ3n) is 2.96.